The number of nitrogens with one attached hydrogen (secondary N) is 2. The standard InChI is InChI=1S/C16H31N3O3/c1-16(2,3)18-14(20)19(4)13(11-17-15(21)22)10-12-8-6-5-7-9-12/h12-13,17H,5-11H2,1-4H3,(H,18,20)(H,21,22)/t13-/m0/s1. The monoisotopic (exact) mass is 313 g/mol. The van der Waals surface area contributed by atoms with Crippen molar-refractivity contribution in [1.82, 2.24) is 15.5 Å². The van der Waals surface area contributed by atoms with Crippen LogP contribution in [0.4, 0.5) is 9.59 Å². The predicted molar refractivity (Wildman–Crippen MR) is 87.1 cm³/mol. The minimum Gasteiger partial charge on any atom is -0.465 e. The first-order valence-electron chi connectivity index (χ1n) is 8.21. The van der Waals surface area contributed by atoms with Crippen molar-refractivity contribution >= 4 is 12.1 Å². The molecule has 22 heavy (non-hydrogen) atoms. The molecule has 1 atom stereocenters. The number of carbonyl (C=O) groups is 2. The highest BCUT2D eigenvalue weighted by molar-refractivity contribution is 5.75. The third-order valence-electron chi connectivity index (χ3n) is 4.17. The maximum Gasteiger partial charge on any atom is 0.404 e. The molecular weight excluding hydrogens is 282 g/mol. The summed E-state index contributed by atoms with van der Waals surface area (Å²) in [7, 11) is 1.75. The lowest BCUT2D eigenvalue weighted by molar-refractivity contribution is 0.157. The van der Waals surface area contributed by atoms with Crippen LogP contribution in [0.25, 0.3) is 0 Å². The Balaban J connectivity index is 2.65. The highest BCUT2D eigenvalue weighted by Crippen LogP contribution is 2.28. The Morgan fingerprint density at radius 2 is 1.82 bits per heavy atom. The zero-order chi connectivity index (χ0) is 16.8. The Morgan fingerprint density at radius 3 is 2.32 bits per heavy atom. The summed E-state index contributed by atoms with van der Waals surface area (Å²) < 4.78 is 0. The second-order valence-electron chi connectivity index (χ2n) is 7.37. The predicted octanol–water partition coefficient (Wildman–Crippen LogP) is 3.03. The van der Waals surface area contributed by atoms with Crippen molar-refractivity contribution in [2.75, 3.05) is 13.6 Å². The molecule has 0 aromatic carbocycles. The summed E-state index contributed by atoms with van der Waals surface area (Å²) in [5.74, 6) is 0.583. The molecule has 0 aliphatic heterocycles. The van der Waals surface area contributed by atoms with Gasteiger partial charge in [0.25, 0.3) is 0 Å². The van der Waals surface area contributed by atoms with Crippen LogP contribution in [0.15, 0.2) is 0 Å². The highest BCUT2D eigenvalue weighted by atomic mass is 16.4. The van der Waals surface area contributed by atoms with Gasteiger partial charge in [0.05, 0.1) is 6.04 Å². The van der Waals surface area contributed by atoms with Crippen molar-refractivity contribution in [1.29, 1.82) is 0 Å². The van der Waals surface area contributed by atoms with Gasteiger partial charge < -0.3 is 20.6 Å². The lowest BCUT2D eigenvalue weighted by atomic mass is 9.84. The molecule has 6 nitrogen and oxygen atoms in total. The topological polar surface area (TPSA) is 81.7 Å². The largest absolute Gasteiger partial charge is 0.465 e. The van der Waals surface area contributed by atoms with E-state index >= 15 is 0 Å². The quantitative estimate of drug-likeness (QED) is 0.729. The SMILES string of the molecule is CN(C(=O)NC(C)(C)C)[C@H](CNC(=O)O)CC1CCCCC1. The van der Waals surface area contributed by atoms with E-state index in [1.54, 1.807) is 11.9 Å². The van der Waals surface area contributed by atoms with E-state index in [1.807, 2.05) is 20.8 Å². The van der Waals surface area contributed by atoms with E-state index in [4.69, 9.17) is 5.11 Å². The number of hydrogen-bond acceptors (Lipinski definition) is 2. The van der Waals surface area contributed by atoms with E-state index < -0.39 is 6.09 Å². The van der Waals surface area contributed by atoms with Gasteiger partial charge in [-0.25, -0.2) is 9.59 Å². The molecule has 3 N–H and O–H groups in total. The van der Waals surface area contributed by atoms with Crippen LogP contribution in [-0.2, 0) is 0 Å². The van der Waals surface area contributed by atoms with Gasteiger partial charge in [-0.2, -0.15) is 0 Å². The number of amides is 3. The molecule has 1 aliphatic rings. The molecule has 0 saturated heterocycles. The highest BCUT2D eigenvalue weighted by Gasteiger charge is 2.27. The smallest absolute Gasteiger partial charge is 0.404 e. The molecule has 3 amide bonds. The Bertz CT molecular complexity index is 373. The molecule has 1 rings (SSSR count). The van der Waals surface area contributed by atoms with Crippen LogP contribution >= 0.6 is 0 Å². The van der Waals surface area contributed by atoms with Crippen LogP contribution in [0.1, 0.15) is 59.3 Å². The maximum absolute atomic E-state index is 12.3. The van der Waals surface area contributed by atoms with Crippen molar-refractivity contribution in [3.05, 3.63) is 0 Å². The van der Waals surface area contributed by atoms with E-state index in [1.165, 1.54) is 32.1 Å². The number of nitrogens with zero attached hydrogens (tertiary/aromatic N) is 1. The summed E-state index contributed by atoms with van der Waals surface area (Å²) in [5, 5.41) is 14.2. The van der Waals surface area contributed by atoms with Crippen molar-refractivity contribution in [3.8, 4) is 0 Å². The maximum atomic E-state index is 12.3. The molecule has 0 aromatic heterocycles. The van der Waals surface area contributed by atoms with Crippen molar-refractivity contribution < 1.29 is 14.7 Å². The number of carboxylic acid groups (broad SMARTS) is 1. The van der Waals surface area contributed by atoms with Gasteiger partial charge in [0.15, 0.2) is 0 Å². The number of hydrogen-bond donors (Lipinski definition) is 3. The molecule has 0 spiro atoms. The first kappa shape index (κ1) is 18.6. The molecule has 0 bridgehead atoms. The first-order valence-corrected chi connectivity index (χ1v) is 8.21. The Morgan fingerprint density at radius 1 is 1.23 bits per heavy atom. The molecule has 6 heteroatoms. The first-order chi connectivity index (χ1) is 10.2. The Labute approximate surface area is 133 Å². The van der Waals surface area contributed by atoms with Gasteiger partial charge in [-0.05, 0) is 33.1 Å². The van der Waals surface area contributed by atoms with Gasteiger partial charge in [-0.1, -0.05) is 32.1 Å². The molecule has 1 aliphatic carbocycles. The minimum atomic E-state index is -1.04. The fraction of sp³-hybridized carbons (Fsp3) is 0.875. The van der Waals surface area contributed by atoms with Crippen LogP contribution < -0.4 is 10.6 Å². The van der Waals surface area contributed by atoms with Crippen molar-refractivity contribution in [2.24, 2.45) is 5.92 Å². The molecule has 1 saturated carbocycles. The lowest BCUT2D eigenvalue weighted by Gasteiger charge is -2.34. The molecule has 0 radical (unpaired) electrons. The number of urea groups is 1. The summed E-state index contributed by atoms with van der Waals surface area (Å²) in [5.41, 5.74) is -0.305. The average Bonchev–Trinajstić information content (AvgIpc) is 2.41. The minimum absolute atomic E-state index is 0.110. The summed E-state index contributed by atoms with van der Waals surface area (Å²) in [6.45, 7) is 6.08. The Kier molecular flexibility index (Phi) is 6.97. The molecule has 0 unspecified atom stereocenters. The third-order valence-corrected chi connectivity index (χ3v) is 4.17. The second-order valence-corrected chi connectivity index (χ2v) is 7.37. The van der Waals surface area contributed by atoms with E-state index in [0.717, 1.165) is 6.42 Å². The van der Waals surface area contributed by atoms with Gasteiger partial charge in [-0.3, -0.25) is 0 Å². The van der Waals surface area contributed by atoms with E-state index in [-0.39, 0.29) is 24.2 Å². The second kappa shape index (κ2) is 8.25. The average molecular weight is 313 g/mol. The van der Waals surface area contributed by atoms with Crippen LogP contribution in [0.3, 0.4) is 0 Å². The molecule has 128 valence electrons. The van der Waals surface area contributed by atoms with E-state index in [0.29, 0.717) is 5.92 Å². The summed E-state index contributed by atoms with van der Waals surface area (Å²) in [4.78, 5) is 24.8. The van der Waals surface area contributed by atoms with Gasteiger partial charge in [0.2, 0.25) is 0 Å². The molecule has 0 heterocycles. The van der Waals surface area contributed by atoms with Crippen LogP contribution in [-0.4, -0.2) is 47.3 Å². The fourth-order valence-electron chi connectivity index (χ4n) is 2.97. The third kappa shape index (κ3) is 7.00. The zero-order valence-corrected chi connectivity index (χ0v) is 14.3. The van der Waals surface area contributed by atoms with E-state index in [2.05, 4.69) is 10.6 Å². The molecular formula is C16H31N3O3. The normalized spacial score (nSPS) is 17.6. The molecule has 0 aromatic rings. The zero-order valence-electron chi connectivity index (χ0n) is 14.3. The fourth-order valence-corrected chi connectivity index (χ4v) is 2.97. The number of likely N-dealkylation sites (N-methyl/N-ethyl adjacent to an activating group) is 1. The van der Waals surface area contributed by atoms with Crippen LogP contribution in [0.2, 0.25) is 0 Å². The lowest BCUT2D eigenvalue weighted by Crippen LogP contribution is -2.53. The van der Waals surface area contributed by atoms with Gasteiger partial charge in [0.1, 0.15) is 0 Å². The summed E-state index contributed by atoms with van der Waals surface area (Å²) in [6, 6.07) is -0.262. The summed E-state index contributed by atoms with van der Waals surface area (Å²) >= 11 is 0. The van der Waals surface area contributed by atoms with Crippen molar-refractivity contribution in [3.63, 3.8) is 0 Å². The van der Waals surface area contributed by atoms with Gasteiger partial charge in [-0.15, -0.1) is 0 Å². The summed E-state index contributed by atoms with van der Waals surface area (Å²) in [6.07, 6.45) is 5.93. The van der Waals surface area contributed by atoms with E-state index in [9.17, 15) is 9.59 Å². The van der Waals surface area contributed by atoms with Crippen molar-refractivity contribution in [2.45, 2.75) is 70.9 Å². The van der Waals surface area contributed by atoms with Gasteiger partial charge >= 0.3 is 12.1 Å². The Hall–Kier alpha value is -1.46. The number of rotatable bonds is 5. The van der Waals surface area contributed by atoms with Gasteiger partial charge in [0, 0.05) is 19.1 Å². The number of carbonyl (C=O) groups excluding carboxylic acids is 1. The van der Waals surface area contributed by atoms with Crippen LogP contribution in [0, 0.1) is 5.92 Å². The van der Waals surface area contributed by atoms with Crippen LogP contribution in [0.5, 0.6) is 0 Å². The molecule has 1 fully saturated rings.